The van der Waals surface area contributed by atoms with Crippen molar-refractivity contribution < 1.29 is 4.79 Å². The number of rotatable bonds is 4. The van der Waals surface area contributed by atoms with E-state index in [1.54, 1.807) is 0 Å². The van der Waals surface area contributed by atoms with Gasteiger partial charge in [-0.05, 0) is 29.9 Å². The van der Waals surface area contributed by atoms with E-state index in [2.05, 4.69) is 80.6 Å². The van der Waals surface area contributed by atoms with Crippen LogP contribution in [-0.4, -0.2) is 5.78 Å². The molecule has 2 unspecified atom stereocenters. The highest BCUT2D eigenvalue weighted by Gasteiger charge is 2.31. The Morgan fingerprint density at radius 2 is 1.50 bits per heavy atom. The molecule has 0 spiro atoms. The maximum absolute atomic E-state index is 12.2. The van der Waals surface area contributed by atoms with Crippen LogP contribution >= 0.6 is 0 Å². The first-order valence-electron chi connectivity index (χ1n) is 9.04. The van der Waals surface area contributed by atoms with E-state index < -0.39 is 0 Å². The molecule has 2 aromatic rings. The normalized spacial score (nSPS) is 23.0. The smallest absolute Gasteiger partial charge is 0.136 e. The molecule has 2 aromatic carbocycles. The van der Waals surface area contributed by atoms with E-state index in [9.17, 15) is 4.79 Å². The standard InChI is InChI=1S/C23H26O/c1-3-21-17(2)20(14-15-23(21)24)16-22(18-10-6-4-7-11-18)19-12-8-5-9-13-19/h4-13,16-17,21-22H,3,14-15H2,1-2H3. The molecule has 1 nitrogen and oxygen atoms in total. The van der Waals surface area contributed by atoms with Gasteiger partial charge in [0.05, 0.1) is 0 Å². The second kappa shape index (κ2) is 7.61. The molecular weight excluding hydrogens is 292 g/mol. The molecule has 0 N–H and O–H groups in total. The van der Waals surface area contributed by atoms with Crippen molar-refractivity contribution in [2.24, 2.45) is 11.8 Å². The molecule has 1 saturated carbocycles. The van der Waals surface area contributed by atoms with Gasteiger partial charge in [0, 0.05) is 18.3 Å². The van der Waals surface area contributed by atoms with E-state index in [-0.39, 0.29) is 11.8 Å². The van der Waals surface area contributed by atoms with E-state index in [0.717, 1.165) is 12.8 Å². The molecule has 0 aliphatic heterocycles. The van der Waals surface area contributed by atoms with Gasteiger partial charge in [-0.15, -0.1) is 0 Å². The first-order valence-corrected chi connectivity index (χ1v) is 9.04. The van der Waals surface area contributed by atoms with Gasteiger partial charge in [0.1, 0.15) is 5.78 Å². The third kappa shape index (κ3) is 3.51. The number of carbonyl (C=O) groups excluding carboxylic acids is 1. The van der Waals surface area contributed by atoms with Crippen LogP contribution in [0.5, 0.6) is 0 Å². The fourth-order valence-electron chi connectivity index (χ4n) is 3.95. The van der Waals surface area contributed by atoms with E-state index in [0.29, 0.717) is 18.1 Å². The van der Waals surface area contributed by atoms with Crippen LogP contribution in [0.3, 0.4) is 0 Å². The summed E-state index contributed by atoms with van der Waals surface area (Å²) in [5, 5.41) is 0. The van der Waals surface area contributed by atoms with Crippen LogP contribution in [0, 0.1) is 11.8 Å². The van der Waals surface area contributed by atoms with Crippen LogP contribution < -0.4 is 0 Å². The largest absolute Gasteiger partial charge is 0.299 e. The molecule has 0 aromatic heterocycles. The number of hydrogen-bond acceptors (Lipinski definition) is 1. The number of allylic oxidation sites excluding steroid dienone is 2. The summed E-state index contributed by atoms with van der Waals surface area (Å²) in [5.41, 5.74) is 4.07. The van der Waals surface area contributed by atoms with Gasteiger partial charge in [0.15, 0.2) is 0 Å². The Kier molecular flexibility index (Phi) is 5.30. The summed E-state index contributed by atoms with van der Waals surface area (Å²) in [4.78, 5) is 12.2. The minimum Gasteiger partial charge on any atom is -0.299 e. The summed E-state index contributed by atoms with van der Waals surface area (Å²) in [6, 6.07) is 21.3. The van der Waals surface area contributed by atoms with E-state index in [1.807, 2.05) is 0 Å². The number of carbonyl (C=O) groups is 1. The van der Waals surface area contributed by atoms with Gasteiger partial charge >= 0.3 is 0 Å². The molecule has 24 heavy (non-hydrogen) atoms. The second-order valence-corrected chi connectivity index (χ2v) is 6.81. The highest BCUT2D eigenvalue weighted by Crippen LogP contribution is 2.37. The van der Waals surface area contributed by atoms with Crippen molar-refractivity contribution in [3.8, 4) is 0 Å². The Labute approximate surface area is 145 Å². The Balaban J connectivity index is 1.99. The first-order chi connectivity index (χ1) is 11.7. The molecule has 0 radical (unpaired) electrons. The highest BCUT2D eigenvalue weighted by atomic mass is 16.1. The molecule has 124 valence electrons. The van der Waals surface area contributed by atoms with E-state index in [1.165, 1.54) is 16.7 Å². The van der Waals surface area contributed by atoms with Crippen molar-refractivity contribution >= 4 is 5.78 Å². The van der Waals surface area contributed by atoms with Crippen LogP contribution in [0.4, 0.5) is 0 Å². The van der Waals surface area contributed by atoms with Crippen molar-refractivity contribution in [2.45, 2.75) is 39.0 Å². The minimum absolute atomic E-state index is 0.192. The van der Waals surface area contributed by atoms with Crippen molar-refractivity contribution in [3.63, 3.8) is 0 Å². The maximum Gasteiger partial charge on any atom is 0.136 e. The number of hydrogen-bond donors (Lipinski definition) is 0. The lowest BCUT2D eigenvalue weighted by molar-refractivity contribution is -0.125. The van der Waals surface area contributed by atoms with Crippen LogP contribution in [0.15, 0.2) is 72.3 Å². The number of benzene rings is 2. The number of ketones is 1. The zero-order chi connectivity index (χ0) is 16.9. The Bertz CT molecular complexity index is 660. The van der Waals surface area contributed by atoms with E-state index in [4.69, 9.17) is 0 Å². The third-order valence-corrected chi connectivity index (χ3v) is 5.40. The van der Waals surface area contributed by atoms with Crippen LogP contribution in [-0.2, 0) is 4.79 Å². The van der Waals surface area contributed by atoms with Crippen molar-refractivity contribution in [2.75, 3.05) is 0 Å². The summed E-state index contributed by atoms with van der Waals surface area (Å²) in [6.45, 7) is 4.36. The molecule has 2 atom stereocenters. The van der Waals surface area contributed by atoms with Crippen LogP contribution in [0.25, 0.3) is 0 Å². The van der Waals surface area contributed by atoms with Crippen LogP contribution in [0.1, 0.15) is 50.2 Å². The van der Waals surface area contributed by atoms with Gasteiger partial charge in [0.25, 0.3) is 0 Å². The van der Waals surface area contributed by atoms with E-state index >= 15 is 0 Å². The van der Waals surface area contributed by atoms with Gasteiger partial charge in [0.2, 0.25) is 0 Å². The molecule has 1 fully saturated rings. The fourth-order valence-corrected chi connectivity index (χ4v) is 3.95. The van der Waals surface area contributed by atoms with Gasteiger partial charge in [-0.1, -0.05) is 86.2 Å². The zero-order valence-corrected chi connectivity index (χ0v) is 14.6. The Morgan fingerprint density at radius 1 is 0.958 bits per heavy atom. The monoisotopic (exact) mass is 318 g/mol. The lowest BCUT2D eigenvalue weighted by Crippen LogP contribution is -2.28. The predicted molar refractivity (Wildman–Crippen MR) is 100.0 cm³/mol. The van der Waals surface area contributed by atoms with Crippen molar-refractivity contribution in [3.05, 3.63) is 83.4 Å². The zero-order valence-electron chi connectivity index (χ0n) is 14.6. The third-order valence-electron chi connectivity index (χ3n) is 5.40. The molecule has 3 rings (SSSR count). The minimum atomic E-state index is 0.192. The number of Topliss-reactive ketones (excluding diaryl/α,β-unsaturated/α-hetero) is 1. The molecule has 1 aliphatic rings. The lowest BCUT2D eigenvalue weighted by atomic mass is 9.73. The second-order valence-electron chi connectivity index (χ2n) is 6.81. The quantitative estimate of drug-likeness (QED) is 0.654. The van der Waals surface area contributed by atoms with Gasteiger partial charge < -0.3 is 0 Å². The average molecular weight is 318 g/mol. The van der Waals surface area contributed by atoms with Gasteiger partial charge in [-0.2, -0.15) is 0 Å². The molecule has 0 bridgehead atoms. The summed E-state index contributed by atoms with van der Waals surface area (Å²) < 4.78 is 0. The highest BCUT2D eigenvalue weighted by molar-refractivity contribution is 5.83. The Morgan fingerprint density at radius 3 is 2.00 bits per heavy atom. The molecule has 0 heterocycles. The predicted octanol–water partition coefficient (Wildman–Crippen LogP) is 5.77. The molecular formula is C23H26O. The first kappa shape index (κ1) is 16.7. The molecule has 0 amide bonds. The topological polar surface area (TPSA) is 17.1 Å². The fraction of sp³-hybridized carbons (Fsp3) is 0.348. The Hall–Kier alpha value is -2.15. The maximum atomic E-state index is 12.2. The average Bonchev–Trinajstić information content (AvgIpc) is 2.63. The summed E-state index contributed by atoms with van der Waals surface area (Å²) in [5.74, 6) is 1.25. The lowest BCUT2D eigenvalue weighted by Gasteiger charge is -2.31. The summed E-state index contributed by atoms with van der Waals surface area (Å²) in [7, 11) is 0. The molecule has 0 saturated heterocycles. The van der Waals surface area contributed by atoms with Crippen LogP contribution in [0.2, 0.25) is 0 Å². The van der Waals surface area contributed by atoms with Gasteiger partial charge in [-0.25, -0.2) is 0 Å². The van der Waals surface area contributed by atoms with Gasteiger partial charge in [-0.3, -0.25) is 4.79 Å². The molecule has 1 aliphatic carbocycles. The van der Waals surface area contributed by atoms with Crippen molar-refractivity contribution in [1.29, 1.82) is 0 Å². The summed E-state index contributed by atoms with van der Waals surface area (Å²) >= 11 is 0. The molecule has 1 heteroatoms. The summed E-state index contributed by atoms with van der Waals surface area (Å²) in [6.07, 6.45) is 4.97. The SMILES string of the molecule is CCC1C(=O)CCC(=CC(c2ccccc2)c2ccccc2)C1C. The van der Waals surface area contributed by atoms with Crippen molar-refractivity contribution in [1.82, 2.24) is 0 Å².